The Kier molecular flexibility index (Phi) is 6.05. The van der Waals surface area contributed by atoms with Crippen LogP contribution in [0.25, 0.3) is 11.1 Å². The third-order valence-corrected chi connectivity index (χ3v) is 5.17. The molecule has 4 rings (SSSR count). The zero-order valence-corrected chi connectivity index (χ0v) is 17.9. The van der Waals surface area contributed by atoms with Crippen molar-refractivity contribution in [2.75, 3.05) is 22.1 Å². The highest BCUT2D eigenvalue weighted by atomic mass is 16.3. The molecule has 0 fully saturated rings. The first-order valence-electron chi connectivity index (χ1n) is 10.3. The second kappa shape index (κ2) is 9.25. The summed E-state index contributed by atoms with van der Waals surface area (Å²) in [5.41, 5.74) is 14.2. The molecule has 8 heteroatoms. The standard InChI is InChI=1S/C26H22N4O4/c27-18-8-4-15(5-9-18)25(33)29-22-13-12-21(17-2-1-3-20(31)14-17)23(24(22)32)30-26(34)16-6-10-19(28)11-7-16/h1-14,31-32H,27-28H2,(H,29,33)(H,30,34). The smallest absolute Gasteiger partial charge is 0.255 e. The number of rotatable bonds is 5. The molecule has 8 nitrogen and oxygen atoms in total. The summed E-state index contributed by atoms with van der Waals surface area (Å²) in [5.74, 6) is -1.27. The number of nitrogens with two attached hydrogens (primary N) is 2. The van der Waals surface area contributed by atoms with Gasteiger partial charge in [0, 0.05) is 28.1 Å². The predicted octanol–water partition coefficient (Wildman–Crippen LogP) is 4.43. The van der Waals surface area contributed by atoms with Crippen molar-refractivity contribution in [1.29, 1.82) is 0 Å². The van der Waals surface area contributed by atoms with Gasteiger partial charge in [0.25, 0.3) is 11.8 Å². The van der Waals surface area contributed by atoms with Crippen molar-refractivity contribution in [2.24, 2.45) is 0 Å². The van der Waals surface area contributed by atoms with Gasteiger partial charge in [-0.2, -0.15) is 0 Å². The Morgan fingerprint density at radius 3 is 1.79 bits per heavy atom. The largest absolute Gasteiger partial charge is 0.508 e. The average Bonchev–Trinajstić information content (AvgIpc) is 2.82. The summed E-state index contributed by atoms with van der Waals surface area (Å²) in [7, 11) is 0. The van der Waals surface area contributed by atoms with E-state index >= 15 is 0 Å². The monoisotopic (exact) mass is 454 g/mol. The third kappa shape index (κ3) is 4.76. The number of carbonyl (C=O) groups excluding carboxylic acids is 2. The zero-order chi connectivity index (χ0) is 24.2. The van der Waals surface area contributed by atoms with Crippen molar-refractivity contribution >= 4 is 34.6 Å². The van der Waals surface area contributed by atoms with E-state index in [9.17, 15) is 19.8 Å². The Morgan fingerprint density at radius 1 is 0.676 bits per heavy atom. The molecule has 8 N–H and O–H groups in total. The molecular weight excluding hydrogens is 432 g/mol. The minimum atomic E-state index is -0.487. The van der Waals surface area contributed by atoms with E-state index in [4.69, 9.17) is 11.5 Å². The molecule has 0 heterocycles. The number of aromatic hydroxyl groups is 2. The first kappa shape index (κ1) is 22.2. The maximum absolute atomic E-state index is 12.9. The highest BCUT2D eigenvalue weighted by Crippen LogP contribution is 2.41. The van der Waals surface area contributed by atoms with Gasteiger partial charge in [-0.05, 0) is 78.4 Å². The first-order chi connectivity index (χ1) is 16.3. The quantitative estimate of drug-likeness (QED) is 0.194. The number of nitrogens with one attached hydrogen (secondary N) is 2. The van der Waals surface area contributed by atoms with E-state index in [-0.39, 0.29) is 22.9 Å². The van der Waals surface area contributed by atoms with Crippen LogP contribution in [0.1, 0.15) is 20.7 Å². The van der Waals surface area contributed by atoms with Gasteiger partial charge in [-0.1, -0.05) is 12.1 Å². The third-order valence-electron chi connectivity index (χ3n) is 5.17. The van der Waals surface area contributed by atoms with Gasteiger partial charge < -0.3 is 32.3 Å². The van der Waals surface area contributed by atoms with E-state index in [0.717, 1.165) is 0 Å². The summed E-state index contributed by atoms with van der Waals surface area (Å²) in [6.45, 7) is 0. The van der Waals surface area contributed by atoms with Crippen LogP contribution in [0.15, 0.2) is 84.9 Å². The number of phenols is 2. The van der Waals surface area contributed by atoms with Crippen molar-refractivity contribution < 1.29 is 19.8 Å². The second-order valence-corrected chi connectivity index (χ2v) is 7.59. The first-order valence-corrected chi connectivity index (χ1v) is 10.3. The summed E-state index contributed by atoms with van der Waals surface area (Å²) in [6.07, 6.45) is 0. The Hall–Kier alpha value is -4.98. The van der Waals surface area contributed by atoms with Crippen LogP contribution < -0.4 is 22.1 Å². The van der Waals surface area contributed by atoms with Gasteiger partial charge in [0.05, 0.1) is 11.4 Å². The molecule has 2 amide bonds. The van der Waals surface area contributed by atoms with Crippen LogP contribution in [0, 0.1) is 0 Å². The number of amides is 2. The Labute approximate surface area is 195 Å². The second-order valence-electron chi connectivity index (χ2n) is 7.59. The topological polar surface area (TPSA) is 151 Å². The number of hydrogen-bond acceptors (Lipinski definition) is 6. The summed E-state index contributed by atoms with van der Waals surface area (Å²) in [4.78, 5) is 25.6. The van der Waals surface area contributed by atoms with Crippen molar-refractivity contribution in [3.63, 3.8) is 0 Å². The van der Waals surface area contributed by atoms with Gasteiger partial charge in [0.2, 0.25) is 0 Å². The Bertz CT molecular complexity index is 1370. The molecule has 0 aliphatic heterocycles. The molecule has 0 atom stereocenters. The van der Waals surface area contributed by atoms with E-state index in [0.29, 0.717) is 33.6 Å². The molecule has 0 saturated carbocycles. The number of phenolic OH excluding ortho intramolecular Hbond substituents is 2. The van der Waals surface area contributed by atoms with Crippen LogP contribution in [0.4, 0.5) is 22.7 Å². The number of hydrogen-bond donors (Lipinski definition) is 6. The lowest BCUT2D eigenvalue weighted by Crippen LogP contribution is -2.15. The molecule has 34 heavy (non-hydrogen) atoms. The number of anilines is 4. The molecular formula is C26H22N4O4. The van der Waals surface area contributed by atoms with Crippen LogP contribution in [-0.2, 0) is 0 Å². The van der Waals surface area contributed by atoms with Crippen LogP contribution in [0.5, 0.6) is 11.5 Å². The van der Waals surface area contributed by atoms with Crippen molar-refractivity contribution in [1.82, 2.24) is 0 Å². The van der Waals surface area contributed by atoms with Gasteiger partial charge in [-0.15, -0.1) is 0 Å². The number of nitrogen functional groups attached to an aromatic ring is 2. The summed E-state index contributed by atoms with van der Waals surface area (Å²) >= 11 is 0. The van der Waals surface area contributed by atoms with E-state index < -0.39 is 11.8 Å². The van der Waals surface area contributed by atoms with Crippen LogP contribution in [-0.4, -0.2) is 22.0 Å². The molecule has 4 aromatic carbocycles. The average molecular weight is 454 g/mol. The number of carbonyl (C=O) groups is 2. The molecule has 0 aromatic heterocycles. The maximum Gasteiger partial charge on any atom is 0.255 e. The van der Waals surface area contributed by atoms with Gasteiger partial charge >= 0.3 is 0 Å². The maximum atomic E-state index is 12.9. The molecule has 0 aliphatic rings. The molecule has 4 aromatic rings. The van der Waals surface area contributed by atoms with Gasteiger partial charge in [-0.3, -0.25) is 9.59 Å². The summed E-state index contributed by atoms with van der Waals surface area (Å²) in [5, 5.41) is 26.3. The molecule has 0 aliphatic carbocycles. The molecule has 0 radical (unpaired) electrons. The molecule has 0 spiro atoms. The highest BCUT2D eigenvalue weighted by Gasteiger charge is 2.19. The van der Waals surface area contributed by atoms with Crippen LogP contribution in [0.3, 0.4) is 0 Å². The zero-order valence-electron chi connectivity index (χ0n) is 17.9. The van der Waals surface area contributed by atoms with Crippen LogP contribution >= 0.6 is 0 Å². The van der Waals surface area contributed by atoms with Crippen molar-refractivity contribution in [3.05, 3.63) is 96.1 Å². The Morgan fingerprint density at radius 2 is 1.24 bits per heavy atom. The normalized spacial score (nSPS) is 10.5. The van der Waals surface area contributed by atoms with Crippen molar-refractivity contribution in [3.8, 4) is 22.6 Å². The fraction of sp³-hybridized carbons (Fsp3) is 0. The molecule has 0 bridgehead atoms. The van der Waals surface area contributed by atoms with Gasteiger partial charge in [0.15, 0.2) is 5.75 Å². The van der Waals surface area contributed by atoms with Crippen molar-refractivity contribution in [2.45, 2.75) is 0 Å². The molecule has 170 valence electrons. The lowest BCUT2D eigenvalue weighted by molar-refractivity contribution is 0.101. The van der Waals surface area contributed by atoms with Gasteiger partial charge in [-0.25, -0.2) is 0 Å². The minimum Gasteiger partial charge on any atom is -0.508 e. The Balaban J connectivity index is 1.73. The van der Waals surface area contributed by atoms with Crippen LogP contribution in [0.2, 0.25) is 0 Å². The predicted molar refractivity (Wildman–Crippen MR) is 133 cm³/mol. The molecule has 0 unspecified atom stereocenters. The number of benzene rings is 4. The van der Waals surface area contributed by atoms with E-state index in [1.165, 1.54) is 18.2 Å². The fourth-order valence-corrected chi connectivity index (χ4v) is 3.38. The SMILES string of the molecule is Nc1ccc(C(=O)Nc2ccc(-c3cccc(O)c3)c(NC(=O)c3ccc(N)cc3)c2O)cc1. The lowest BCUT2D eigenvalue weighted by atomic mass is 10.0. The summed E-state index contributed by atoms with van der Waals surface area (Å²) < 4.78 is 0. The van der Waals surface area contributed by atoms with E-state index in [2.05, 4.69) is 10.6 Å². The highest BCUT2D eigenvalue weighted by molar-refractivity contribution is 6.10. The minimum absolute atomic E-state index is 0.0218. The fourth-order valence-electron chi connectivity index (χ4n) is 3.38. The van der Waals surface area contributed by atoms with E-state index in [1.54, 1.807) is 66.7 Å². The van der Waals surface area contributed by atoms with Gasteiger partial charge in [0.1, 0.15) is 5.75 Å². The summed E-state index contributed by atoms with van der Waals surface area (Å²) in [6, 6.07) is 22.1. The lowest BCUT2D eigenvalue weighted by Gasteiger charge is -2.17. The van der Waals surface area contributed by atoms with E-state index in [1.807, 2.05) is 0 Å². The molecule has 0 saturated heterocycles.